The van der Waals surface area contributed by atoms with Crippen molar-refractivity contribution >= 4 is 0 Å². The van der Waals surface area contributed by atoms with Gasteiger partial charge in [-0.15, -0.1) is 0 Å². The van der Waals surface area contributed by atoms with E-state index >= 15 is 0 Å². The highest BCUT2D eigenvalue weighted by molar-refractivity contribution is 5.81. The highest BCUT2D eigenvalue weighted by atomic mass is 19.1. The molecule has 130 valence electrons. The van der Waals surface area contributed by atoms with Gasteiger partial charge in [-0.05, 0) is 36.1 Å². The molecule has 0 atom stereocenters. The number of nitrogens with zero attached hydrogens (tertiary/aromatic N) is 1. The third-order valence-electron chi connectivity index (χ3n) is 4.17. The van der Waals surface area contributed by atoms with Crippen molar-refractivity contribution in [3.63, 3.8) is 0 Å². The number of aromatic hydroxyl groups is 1. The van der Waals surface area contributed by atoms with Crippen LogP contribution in [0, 0.1) is 12.7 Å². The van der Waals surface area contributed by atoms with Gasteiger partial charge in [0.15, 0.2) is 0 Å². The molecule has 0 saturated carbocycles. The molecule has 1 aromatic heterocycles. The largest absolute Gasteiger partial charge is 0.505 e. The van der Waals surface area contributed by atoms with E-state index in [1.807, 2.05) is 51.1 Å². The molecular weight excluding hydrogens is 313 g/mol. The van der Waals surface area contributed by atoms with Crippen LogP contribution in [-0.4, -0.2) is 10.1 Å². The van der Waals surface area contributed by atoms with Crippen LogP contribution in [-0.2, 0) is 0 Å². The first-order valence-corrected chi connectivity index (χ1v) is 8.04. The van der Waals surface area contributed by atoms with Crippen LogP contribution in [0.5, 0.6) is 5.75 Å². The van der Waals surface area contributed by atoms with Gasteiger partial charge >= 0.3 is 0 Å². The van der Waals surface area contributed by atoms with Crippen LogP contribution in [0.25, 0.3) is 22.4 Å². The van der Waals surface area contributed by atoms with E-state index in [2.05, 4.69) is 0 Å². The molecule has 0 saturated heterocycles. The molecule has 2 nitrogen and oxygen atoms in total. The van der Waals surface area contributed by atoms with Crippen molar-refractivity contribution in [3.05, 3.63) is 71.7 Å². The van der Waals surface area contributed by atoms with Gasteiger partial charge < -0.3 is 5.11 Å². The topological polar surface area (TPSA) is 33.1 Å². The second kappa shape index (κ2) is 7.47. The molecule has 0 fully saturated rings. The summed E-state index contributed by atoms with van der Waals surface area (Å²) in [7, 11) is 0. The van der Waals surface area contributed by atoms with Gasteiger partial charge in [0.05, 0.1) is 11.4 Å². The Labute approximate surface area is 149 Å². The maximum absolute atomic E-state index is 13.3. The molecule has 0 spiro atoms. The van der Waals surface area contributed by atoms with Gasteiger partial charge in [0.25, 0.3) is 0 Å². The fourth-order valence-electron chi connectivity index (χ4n) is 2.93. The number of benzene rings is 2. The highest BCUT2D eigenvalue weighted by Crippen LogP contribution is 2.41. The summed E-state index contributed by atoms with van der Waals surface area (Å²) in [5.41, 5.74) is 4.88. The molecule has 3 aromatic rings. The van der Waals surface area contributed by atoms with Crippen LogP contribution in [0.3, 0.4) is 0 Å². The van der Waals surface area contributed by atoms with E-state index in [9.17, 15) is 9.50 Å². The first-order valence-electron chi connectivity index (χ1n) is 8.04. The van der Waals surface area contributed by atoms with Gasteiger partial charge in [-0.25, -0.2) is 9.37 Å². The van der Waals surface area contributed by atoms with Crippen LogP contribution >= 0.6 is 0 Å². The summed E-state index contributed by atoms with van der Waals surface area (Å²) in [6.07, 6.45) is 0. The Kier molecular flexibility index (Phi) is 5.58. The van der Waals surface area contributed by atoms with E-state index < -0.39 is 0 Å². The van der Waals surface area contributed by atoms with Crippen molar-refractivity contribution in [2.45, 2.75) is 34.1 Å². The minimum absolute atomic E-state index is 0. The SMILES string of the molecule is C.Cc1c(-c2ccccc2)nc(C(C)C)c(O)c1-c1ccc(F)cc1. The van der Waals surface area contributed by atoms with Crippen molar-refractivity contribution in [1.82, 2.24) is 4.98 Å². The predicted molar refractivity (Wildman–Crippen MR) is 102 cm³/mol. The summed E-state index contributed by atoms with van der Waals surface area (Å²) in [5, 5.41) is 10.8. The van der Waals surface area contributed by atoms with Crippen LogP contribution in [0.1, 0.15) is 38.4 Å². The van der Waals surface area contributed by atoms with Gasteiger partial charge in [-0.2, -0.15) is 0 Å². The third-order valence-corrected chi connectivity index (χ3v) is 4.17. The standard InChI is InChI=1S/C21H20FNO.CH4/c1-13(2)19-21(24)18(15-9-11-17(22)12-10-15)14(3)20(23-19)16-7-5-4-6-8-16;/h4-13,24H,1-3H3;1H4. The molecule has 1 heterocycles. The summed E-state index contributed by atoms with van der Waals surface area (Å²) in [4.78, 5) is 4.72. The maximum Gasteiger partial charge on any atom is 0.145 e. The number of hydrogen-bond acceptors (Lipinski definition) is 2. The summed E-state index contributed by atoms with van der Waals surface area (Å²) >= 11 is 0. The zero-order valence-electron chi connectivity index (χ0n) is 14.0. The number of hydrogen-bond donors (Lipinski definition) is 1. The monoisotopic (exact) mass is 337 g/mol. The van der Waals surface area contributed by atoms with Crippen molar-refractivity contribution in [1.29, 1.82) is 0 Å². The Morgan fingerprint density at radius 2 is 1.52 bits per heavy atom. The zero-order chi connectivity index (χ0) is 17.3. The molecule has 3 heteroatoms. The van der Waals surface area contributed by atoms with E-state index in [0.717, 1.165) is 22.4 Å². The summed E-state index contributed by atoms with van der Waals surface area (Å²) in [6.45, 7) is 5.94. The second-order valence-corrected chi connectivity index (χ2v) is 6.22. The van der Waals surface area contributed by atoms with Crippen molar-refractivity contribution in [2.24, 2.45) is 0 Å². The molecular formula is C22H24FNO. The van der Waals surface area contributed by atoms with Crippen molar-refractivity contribution in [2.75, 3.05) is 0 Å². The van der Waals surface area contributed by atoms with Crippen LogP contribution in [0.4, 0.5) is 4.39 Å². The Morgan fingerprint density at radius 1 is 0.920 bits per heavy atom. The van der Waals surface area contributed by atoms with E-state index in [0.29, 0.717) is 11.3 Å². The van der Waals surface area contributed by atoms with Gasteiger partial charge in [0.1, 0.15) is 11.6 Å². The Morgan fingerprint density at radius 3 is 2.08 bits per heavy atom. The summed E-state index contributed by atoms with van der Waals surface area (Å²) in [6, 6.07) is 16.1. The van der Waals surface area contributed by atoms with E-state index in [-0.39, 0.29) is 24.9 Å². The molecule has 0 radical (unpaired) electrons. The van der Waals surface area contributed by atoms with Gasteiger partial charge in [-0.3, -0.25) is 0 Å². The summed E-state index contributed by atoms with van der Waals surface area (Å²) in [5.74, 6) is -0.0432. The molecule has 0 unspecified atom stereocenters. The Bertz CT molecular complexity index is 855. The third kappa shape index (κ3) is 3.55. The van der Waals surface area contributed by atoms with E-state index in [1.54, 1.807) is 12.1 Å². The lowest BCUT2D eigenvalue weighted by molar-refractivity contribution is 0.462. The van der Waals surface area contributed by atoms with Gasteiger partial charge in [0, 0.05) is 11.1 Å². The first kappa shape index (κ1) is 18.7. The lowest BCUT2D eigenvalue weighted by Gasteiger charge is -2.18. The quantitative estimate of drug-likeness (QED) is 0.606. The molecule has 0 amide bonds. The van der Waals surface area contributed by atoms with Crippen LogP contribution in [0.15, 0.2) is 54.6 Å². The van der Waals surface area contributed by atoms with E-state index in [4.69, 9.17) is 4.98 Å². The molecule has 0 aliphatic heterocycles. The molecule has 0 aliphatic carbocycles. The van der Waals surface area contributed by atoms with E-state index in [1.165, 1.54) is 12.1 Å². The van der Waals surface area contributed by atoms with Crippen molar-refractivity contribution < 1.29 is 9.50 Å². The number of halogens is 1. The molecule has 0 bridgehead atoms. The lowest BCUT2D eigenvalue weighted by atomic mass is 9.92. The minimum atomic E-state index is -0.294. The first-order chi connectivity index (χ1) is 11.5. The Hall–Kier alpha value is -2.68. The molecule has 25 heavy (non-hydrogen) atoms. The molecule has 3 rings (SSSR count). The predicted octanol–water partition coefficient (Wildman–Crippen LogP) is 6.33. The smallest absolute Gasteiger partial charge is 0.145 e. The van der Waals surface area contributed by atoms with Gasteiger partial charge in [-0.1, -0.05) is 63.7 Å². The average molecular weight is 337 g/mol. The highest BCUT2D eigenvalue weighted by Gasteiger charge is 2.20. The lowest BCUT2D eigenvalue weighted by Crippen LogP contribution is -2.01. The number of pyridine rings is 1. The minimum Gasteiger partial charge on any atom is -0.505 e. The Balaban J connectivity index is 0.00000225. The fourth-order valence-corrected chi connectivity index (χ4v) is 2.93. The molecule has 2 aromatic carbocycles. The van der Waals surface area contributed by atoms with Crippen LogP contribution in [0.2, 0.25) is 0 Å². The fraction of sp³-hybridized carbons (Fsp3) is 0.227. The van der Waals surface area contributed by atoms with Crippen molar-refractivity contribution in [3.8, 4) is 28.1 Å². The summed E-state index contributed by atoms with van der Waals surface area (Å²) < 4.78 is 13.3. The maximum atomic E-state index is 13.3. The normalized spacial score (nSPS) is 10.6. The average Bonchev–Trinajstić information content (AvgIpc) is 2.57. The zero-order valence-corrected chi connectivity index (χ0v) is 14.0. The number of aromatic nitrogens is 1. The molecule has 1 N–H and O–H groups in total. The van der Waals surface area contributed by atoms with Gasteiger partial charge in [0.2, 0.25) is 0 Å². The second-order valence-electron chi connectivity index (χ2n) is 6.22. The molecule has 0 aliphatic rings. The van der Waals surface area contributed by atoms with Crippen LogP contribution < -0.4 is 0 Å². The number of rotatable bonds is 3.